The fraction of sp³-hybridized carbons (Fsp3) is 0.500. The van der Waals surface area contributed by atoms with Crippen molar-refractivity contribution >= 4 is 18.0 Å². The molecule has 1 fully saturated rings. The third kappa shape index (κ3) is 4.95. The molecule has 0 bridgehead atoms. The van der Waals surface area contributed by atoms with Crippen LogP contribution in [0, 0.1) is 0 Å². The lowest BCUT2D eigenvalue weighted by atomic mass is 10.1. The van der Waals surface area contributed by atoms with Crippen LogP contribution in [0.2, 0.25) is 0 Å². The summed E-state index contributed by atoms with van der Waals surface area (Å²) in [6.07, 6.45) is 0.705. The molecule has 1 saturated heterocycles. The number of hydrogen-bond acceptors (Lipinski definition) is 5. The van der Waals surface area contributed by atoms with Crippen LogP contribution in [0.4, 0.5) is 4.79 Å². The average molecular weight is 348 g/mol. The minimum Gasteiger partial charge on any atom is -0.459 e. The first-order valence-electron chi connectivity index (χ1n) is 8.23. The van der Waals surface area contributed by atoms with Crippen LogP contribution < -0.4 is 5.73 Å². The molecule has 0 radical (unpaired) electrons. The second-order valence-electron chi connectivity index (χ2n) is 6.96. The first-order chi connectivity index (χ1) is 11.7. The quantitative estimate of drug-likeness (QED) is 0.841. The minimum absolute atomic E-state index is 0.0728. The Labute approximate surface area is 147 Å². The molecule has 1 heterocycles. The Hall–Kier alpha value is -2.57. The van der Waals surface area contributed by atoms with E-state index in [1.54, 1.807) is 45.0 Å². The molecule has 2 amide bonds. The maximum absolute atomic E-state index is 12.4. The van der Waals surface area contributed by atoms with Crippen LogP contribution in [0.15, 0.2) is 24.3 Å². The predicted molar refractivity (Wildman–Crippen MR) is 90.7 cm³/mol. The summed E-state index contributed by atoms with van der Waals surface area (Å²) in [5.41, 5.74) is 5.53. The van der Waals surface area contributed by atoms with Crippen LogP contribution >= 0.6 is 0 Å². The van der Waals surface area contributed by atoms with E-state index < -0.39 is 29.6 Å². The molecule has 25 heavy (non-hydrogen) atoms. The Morgan fingerprint density at radius 3 is 2.56 bits per heavy atom. The van der Waals surface area contributed by atoms with E-state index in [0.717, 1.165) is 0 Å². The van der Waals surface area contributed by atoms with E-state index in [2.05, 4.69) is 0 Å². The third-order valence-electron chi connectivity index (χ3n) is 3.81. The third-order valence-corrected chi connectivity index (χ3v) is 3.81. The van der Waals surface area contributed by atoms with Crippen molar-refractivity contribution in [1.82, 2.24) is 4.90 Å². The molecule has 0 aromatic heterocycles. The van der Waals surface area contributed by atoms with Gasteiger partial charge in [-0.25, -0.2) is 9.59 Å². The summed E-state index contributed by atoms with van der Waals surface area (Å²) in [4.78, 5) is 37.4. The van der Waals surface area contributed by atoms with Gasteiger partial charge in [-0.3, -0.25) is 9.69 Å². The highest BCUT2D eigenvalue weighted by Gasteiger charge is 2.37. The molecular weight excluding hydrogens is 324 g/mol. The molecule has 1 aliphatic heterocycles. The van der Waals surface area contributed by atoms with Crippen molar-refractivity contribution in [3.63, 3.8) is 0 Å². The number of carbonyl (C=O) groups excluding carboxylic acids is 3. The van der Waals surface area contributed by atoms with E-state index in [9.17, 15) is 14.4 Å². The van der Waals surface area contributed by atoms with E-state index in [1.807, 2.05) is 0 Å². The maximum atomic E-state index is 12.4. The number of rotatable bonds is 4. The molecule has 136 valence electrons. The van der Waals surface area contributed by atoms with Crippen molar-refractivity contribution in [2.45, 2.75) is 51.9 Å². The summed E-state index contributed by atoms with van der Waals surface area (Å²) < 4.78 is 10.7. The van der Waals surface area contributed by atoms with Crippen molar-refractivity contribution in [3.05, 3.63) is 35.4 Å². The molecule has 7 heteroatoms. The molecule has 0 aliphatic carbocycles. The number of esters is 1. The normalized spacial score (nSPS) is 17.2. The van der Waals surface area contributed by atoms with Gasteiger partial charge >= 0.3 is 12.1 Å². The zero-order valence-corrected chi connectivity index (χ0v) is 14.8. The lowest BCUT2D eigenvalue weighted by Gasteiger charge is -2.27. The fourth-order valence-electron chi connectivity index (χ4n) is 2.68. The lowest BCUT2D eigenvalue weighted by molar-refractivity contribution is -0.150. The molecule has 7 nitrogen and oxygen atoms in total. The summed E-state index contributed by atoms with van der Waals surface area (Å²) in [5, 5.41) is 0. The summed E-state index contributed by atoms with van der Waals surface area (Å²) >= 11 is 0. The highest BCUT2D eigenvalue weighted by atomic mass is 16.6. The molecule has 2 N–H and O–H groups in total. The van der Waals surface area contributed by atoms with Crippen LogP contribution in [-0.4, -0.2) is 41.1 Å². The second kappa shape index (κ2) is 7.55. The Kier molecular flexibility index (Phi) is 5.66. The molecule has 0 saturated carbocycles. The number of likely N-dealkylation sites (tertiary alicyclic amines) is 1. The van der Waals surface area contributed by atoms with Crippen molar-refractivity contribution in [2.75, 3.05) is 6.54 Å². The fourth-order valence-corrected chi connectivity index (χ4v) is 2.68. The Morgan fingerprint density at radius 1 is 1.24 bits per heavy atom. The Morgan fingerprint density at radius 2 is 1.92 bits per heavy atom. The molecule has 0 unspecified atom stereocenters. The molecule has 1 aromatic carbocycles. The first-order valence-corrected chi connectivity index (χ1v) is 8.23. The van der Waals surface area contributed by atoms with Crippen LogP contribution in [0.3, 0.4) is 0 Å². The van der Waals surface area contributed by atoms with Gasteiger partial charge < -0.3 is 15.2 Å². The van der Waals surface area contributed by atoms with E-state index in [1.165, 1.54) is 4.90 Å². The topological polar surface area (TPSA) is 98.9 Å². The maximum Gasteiger partial charge on any atom is 0.411 e. The molecule has 1 aromatic rings. The standard InChI is InChI=1S/C18H24N2O5/c1-18(2,3)25-17(23)20-10-6-9-14(20)16(22)24-11-12-7-4-5-8-13(12)15(19)21/h4-5,7-8,14H,6,9-11H2,1-3H3,(H2,19,21)/t14-/m1/s1. The summed E-state index contributed by atoms with van der Waals surface area (Å²) in [7, 11) is 0. The van der Waals surface area contributed by atoms with E-state index >= 15 is 0 Å². The van der Waals surface area contributed by atoms with Crippen molar-refractivity contribution in [2.24, 2.45) is 5.73 Å². The second-order valence-corrected chi connectivity index (χ2v) is 6.96. The zero-order chi connectivity index (χ0) is 18.6. The van der Waals surface area contributed by atoms with Gasteiger partial charge in [0.05, 0.1) is 0 Å². The van der Waals surface area contributed by atoms with E-state index in [4.69, 9.17) is 15.2 Å². The number of carbonyl (C=O) groups is 3. The minimum atomic E-state index is -0.671. The highest BCUT2D eigenvalue weighted by Crippen LogP contribution is 2.22. The van der Waals surface area contributed by atoms with Crippen LogP contribution in [-0.2, 0) is 20.9 Å². The summed E-state index contributed by atoms with van der Waals surface area (Å²) in [6.45, 7) is 5.70. The molecule has 1 aliphatic rings. The van der Waals surface area contributed by atoms with Gasteiger partial charge in [0.25, 0.3) is 0 Å². The van der Waals surface area contributed by atoms with Crippen molar-refractivity contribution < 1.29 is 23.9 Å². The van der Waals surface area contributed by atoms with Crippen molar-refractivity contribution in [3.8, 4) is 0 Å². The lowest BCUT2D eigenvalue weighted by Crippen LogP contribution is -2.44. The average Bonchev–Trinajstić information content (AvgIpc) is 3.01. The van der Waals surface area contributed by atoms with Gasteiger partial charge in [-0.1, -0.05) is 18.2 Å². The smallest absolute Gasteiger partial charge is 0.411 e. The van der Waals surface area contributed by atoms with Crippen LogP contribution in [0.5, 0.6) is 0 Å². The van der Waals surface area contributed by atoms with Gasteiger partial charge in [0.15, 0.2) is 0 Å². The Bertz CT molecular complexity index is 666. The number of hydrogen-bond donors (Lipinski definition) is 1. The molecule has 2 rings (SSSR count). The Balaban J connectivity index is 2.01. The van der Waals surface area contributed by atoms with Crippen molar-refractivity contribution in [1.29, 1.82) is 0 Å². The molecular formula is C18H24N2O5. The number of nitrogens with zero attached hydrogens (tertiary/aromatic N) is 1. The summed E-state index contributed by atoms with van der Waals surface area (Å²) in [5.74, 6) is -1.09. The predicted octanol–water partition coefficient (Wildman–Crippen LogP) is 2.23. The highest BCUT2D eigenvalue weighted by molar-refractivity contribution is 5.94. The van der Waals surface area contributed by atoms with Gasteiger partial charge in [-0.15, -0.1) is 0 Å². The first kappa shape index (κ1) is 18.8. The number of nitrogens with two attached hydrogens (primary N) is 1. The largest absolute Gasteiger partial charge is 0.459 e. The van der Waals surface area contributed by atoms with E-state index in [0.29, 0.717) is 30.5 Å². The molecule has 1 atom stereocenters. The number of primary amides is 1. The van der Waals surface area contributed by atoms with Gasteiger partial charge in [0.2, 0.25) is 5.91 Å². The zero-order valence-electron chi connectivity index (χ0n) is 14.8. The number of benzene rings is 1. The van der Waals surface area contributed by atoms with Gasteiger partial charge in [-0.05, 0) is 39.7 Å². The van der Waals surface area contributed by atoms with Crippen LogP contribution in [0.1, 0.15) is 49.5 Å². The number of ether oxygens (including phenoxy) is 2. The summed E-state index contributed by atoms with van der Waals surface area (Å²) in [6, 6.07) is 6.00. The van der Waals surface area contributed by atoms with E-state index in [-0.39, 0.29) is 6.61 Å². The SMILES string of the molecule is CC(C)(C)OC(=O)N1CCC[C@@H]1C(=O)OCc1ccccc1C(N)=O. The van der Waals surface area contributed by atoms with Gasteiger partial charge in [0.1, 0.15) is 18.2 Å². The number of amides is 2. The van der Waals surface area contributed by atoms with Crippen LogP contribution in [0.25, 0.3) is 0 Å². The van der Waals surface area contributed by atoms with Gasteiger partial charge in [-0.2, -0.15) is 0 Å². The monoisotopic (exact) mass is 348 g/mol. The molecule has 0 spiro atoms. The van der Waals surface area contributed by atoms with Gasteiger partial charge in [0, 0.05) is 17.7 Å².